The molecule has 0 saturated carbocycles. The van der Waals surface area contributed by atoms with Crippen LogP contribution < -0.4 is 10.2 Å². The molecule has 0 amide bonds. The molecule has 0 spiro atoms. The fourth-order valence-corrected chi connectivity index (χ4v) is 2.76. The zero-order chi connectivity index (χ0) is 19.2. The zero-order valence-electron chi connectivity index (χ0n) is 15.4. The number of para-hydroxylation sites is 1. The van der Waals surface area contributed by atoms with Crippen LogP contribution in [0.1, 0.15) is 5.56 Å². The third kappa shape index (κ3) is 3.91. The van der Waals surface area contributed by atoms with Crippen LogP contribution in [0.2, 0.25) is 0 Å². The Balaban J connectivity index is 1.69. The van der Waals surface area contributed by atoms with Gasteiger partial charge in [0.05, 0.1) is 19.0 Å². The number of pyridine rings is 1. The highest BCUT2D eigenvalue weighted by molar-refractivity contribution is 5.89. The highest BCUT2D eigenvalue weighted by Gasteiger charge is 2.11. The summed E-state index contributed by atoms with van der Waals surface area (Å²) in [7, 11) is 1.65. The molecule has 0 atom stereocenters. The van der Waals surface area contributed by atoms with Gasteiger partial charge in [0, 0.05) is 23.5 Å². The number of ether oxygens (including phenoxy) is 1. The van der Waals surface area contributed by atoms with Crippen molar-refractivity contribution in [3.8, 4) is 22.7 Å². The molecule has 0 radical (unpaired) electrons. The van der Waals surface area contributed by atoms with Crippen molar-refractivity contribution in [3.05, 3.63) is 90.8 Å². The largest absolute Gasteiger partial charge is 0.497 e. The van der Waals surface area contributed by atoms with Gasteiger partial charge in [0.25, 0.3) is 0 Å². The van der Waals surface area contributed by atoms with Crippen LogP contribution in [-0.4, -0.2) is 28.1 Å². The normalized spacial score (nSPS) is 10.9. The zero-order valence-corrected chi connectivity index (χ0v) is 15.4. The molecule has 2 aromatic carbocycles. The second kappa shape index (κ2) is 8.18. The van der Waals surface area contributed by atoms with Crippen molar-refractivity contribution >= 4 is 12.0 Å². The molecule has 1 N–H and O–H groups in total. The second-order valence-corrected chi connectivity index (χ2v) is 6.03. The Morgan fingerprint density at radius 1 is 0.964 bits per heavy atom. The lowest BCUT2D eigenvalue weighted by Crippen LogP contribution is -1.94. The van der Waals surface area contributed by atoms with Gasteiger partial charge >= 0.3 is 0 Å². The van der Waals surface area contributed by atoms with Crippen molar-refractivity contribution in [2.24, 2.45) is 5.10 Å². The second-order valence-electron chi connectivity index (χ2n) is 6.03. The van der Waals surface area contributed by atoms with E-state index in [4.69, 9.17) is 9.84 Å². The number of rotatable bonds is 6. The standard InChI is InChI=1S/C22H19N5O/c1-28-20-12-10-17(11-13-20)22-18(15-24-25-21-9-5-6-14-23-21)16-27(26-22)19-7-3-2-4-8-19/h2-16H,1H3,(H,23,25)/b24-15-. The van der Waals surface area contributed by atoms with E-state index in [0.717, 1.165) is 28.3 Å². The number of benzene rings is 2. The molecule has 28 heavy (non-hydrogen) atoms. The van der Waals surface area contributed by atoms with E-state index in [1.807, 2.05) is 83.7 Å². The fourth-order valence-electron chi connectivity index (χ4n) is 2.76. The molecule has 6 heteroatoms. The SMILES string of the molecule is COc1ccc(-c2nn(-c3ccccc3)cc2/C=N\Nc2ccccn2)cc1. The molecule has 0 aliphatic heterocycles. The summed E-state index contributed by atoms with van der Waals surface area (Å²) in [6.07, 6.45) is 5.42. The fraction of sp³-hybridized carbons (Fsp3) is 0.0455. The van der Waals surface area contributed by atoms with Crippen molar-refractivity contribution in [3.63, 3.8) is 0 Å². The quantitative estimate of drug-likeness (QED) is 0.404. The highest BCUT2D eigenvalue weighted by Crippen LogP contribution is 2.25. The summed E-state index contributed by atoms with van der Waals surface area (Å²) < 4.78 is 7.10. The summed E-state index contributed by atoms with van der Waals surface area (Å²) in [5, 5.41) is 9.10. The molecule has 6 nitrogen and oxygen atoms in total. The van der Waals surface area contributed by atoms with Gasteiger partial charge in [-0.15, -0.1) is 0 Å². The van der Waals surface area contributed by atoms with Crippen LogP contribution in [0, 0.1) is 0 Å². The van der Waals surface area contributed by atoms with Gasteiger partial charge in [-0.1, -0.05) is 24.3 Å². The number of hydrogen-bond donors (Lipinski definition) is 1. The van der Waals surface area contributed by atoms with E-state index in [-0.39, 0.29) is 0 Å². The maximum atomic E-state index is 5.25. The lowest BCUT2D eigenvalue weighted by molar-refractivity contribution is 0.415. The monoisotopic (exact) mass is 369 g/mol. The van der Waals surface area contributed by atoms with Crippen LogP contribution in [0.15, 0.2) is 90.3 Å². The molecule has 2 aromatic heterocycles. The Hall–Kier alpha value is -3.93. The van der Waals surface area contributed by atoms with E-state index in [1.165, 1.54) is 0 Å². The Morgan fingerprint density at radius 3 is 2.46 bits per heavy atom. The topological polar surface area (TPSA) is 64.3 Å². The molecular weight excluding hydrogens is 350 g/mol. The predicted molar refractivity (Wildman–Crippen MR) is 111 cm³/mol. The molecule has 0 fully saturated rings. The van der Waals surface area contributed by atoms with Gasteiger partial charge in [-0.3, -0.25) is 5.43 Å². The molecule has 138 valence electrons. The van der Waals surface area contributed by atoms with E-state index in [9.17, 15) is 0 Å². The summed E-state index contributed by atoms with van der Waals surface area (Å²) in [5.74, 6) is 1.48. The summed E-state index contributed by atoms with van der Waals surface area (Å²) in [5.41, 5.74) is 6.62. The molecule has 4 rings (SSSR count). The Labute approximate surface area is 163 Å². The number of hydrazone groups is 1. The number of nitrogens with zero attached hydrogens (tertiary/aromatic N) is 4. The van der Waals surface area contributed by atoms with E-state index in [2.05, 4.69) is 15.5 Å². The summed E-state index contributed by atoms with van der Waals surface area (Å²) >= 11 is 0. The van der Waals surface area contributed by atoms with Crippen molar-refractivity contribution in [1.82, 2.24) is 14.8 Å². The minimum absolute atomic E-state index is 0.681. The molecule has 0 aliphatic rings. The van der Waals surface area contributed by atoms with Gasteiger partial charge in [-0.25, -0.2) is 9.67 Å². The van der Waals surface area contributed by atoms with Gasteiger partial charge < -0.3 is 4.74 Å². The summed E-state index contributed by atoms with van der Waals surface area (Å²) in [6.45, 7) is 0. The van der Waals surface area contributed by atoms with Crippen LogP contribution in [0.3, 0.4) is 0 Å². The van der Waals surface area contributed by atoms with Gasteiger partial charge in [-0.05, 0) is 48.5 Å². The van der Waals surface area contributed by atoms with Crippen molar-refractivity contribution in [2.75, 3.05) is 12.5 Å². The molecular formula is C22H19N5O. The molecule has 0 aliphatic carbocycles. The van der Waals surface area contributed by atoms with E-state index in [1.54, 1.807) is 19.5 Å². The van der Waals surface area contributed by atoms with E-state index in [0.29, 0.717) is 5.82 Å². The maximum absolute atomic E-state index is 5.25. The Bertz CT molecular complexity index is 1060. The number of anilines is 1. The first-order valence-corrected chi connectivity index (χ1v) is 8.83. The first-order chi connectivity index (χ1) is 13.8. The van der Waals surface area contributed by atoms with Crippen LogP contribution >= 0.6 is 0 Å². The minimum atomic E-state index is 0.681. The van der Waals surface area contributed by atoms with Gasteiger partial charge in [0.2, 0.25) is 0 Å². The first kappa shape index (κ1) is 17.5. The minimum Gasteiger partial charge on any atom is -0.497 e. The molecule has 0 saturated heterocycles. The van der Waals surface area contributed by atoms with Crippen LogP contribution in [0.5, 0.6) is 5.75 Å². The molecule has 0 bridgehead atoms. The van der Waals surface area contributed by atoms with Crippen molar-refractivity contribution in [2.45, 2.75) is 0 Å². The van der Waals surface area contributed by atoms with Crippen molar-refractivity contribution in [1.29, 1.82) is 0 Å². The van der Waals surface area contributed by atoms with Gasteiger partial charge in [0.15, 0.2) is 0 Å². The van der Waals surface area contributed by atoms with Gasteiger partial charge in [0.1, 0.15) is 17.3 Å². The van der Waals surface area contributed by atoms with Crippen molar-refractivity contribution < 1.29 is 4.74 Å². The molecule has 2 heterocycles. The average Bonchev–Trinajstić information content (AvgIpc) is 3.19. The lowest BCUT2D eigenvalue weighted by atomic mass is 10.1. The van der Waals surface area contributed by atoms with E-state index < -0.39 is 0 Å². The maximum Gasteiger partial charge on any atom is 0.146 e. The molecule has 0 unspecified atom stereocenters. The Morgan fingerprint density at radius 2 is 1.75 bits per heavy atom. The highest BCUT2D eigenvalue weighted by atomic mass is 16.5. The van der Waals surface area contributed by atoms with Gasteiger partial charge in [-0.2, -0.15) is 10.2 Å². The third-order valence-electron chi connectivity index (χ3n) is 4.17. The van der Waals surface area contributed by atoms with Crippen LogP contribution in [0.25, 0.3) is 16.9 Å². The Kier molecular flexibility index (Phi) is 5.11. The number of nitrogens with one attached hydrogen (secondary N) is 1. The number of hydrogen-bond acceptors (Lipinski definition) is 5. The number of methoxy groups -OCH3 is 1. The average molecular weight is 369 g/mol. The van der Waals surface area contributed by atoms with Crippen LogP contribution in [-0.2, 0) is 0 Å². The predicted octanol–water partition coefficient (Wildman–Crippen LogP) is 4.39. The summed E-state index contributed by atoms with van der Waals surface area (Å²) in [4.78, 5) is 4.20. The lowest BCUT2D eigenvalue weighted by Gasteiger charge is -2.02. The third-order valence-corrected chi connectivity index (χ3v) is 4.17. The van der Waals surface area contributed by atoms with E-state index >= 15 is 0 Å². The number of aromatic nitrogens is 3. The van der Waals surface area contributed by atoms with Crippen LogP contribution in [0.4, 0.5) is 5.82 Å². The smallest absolute Gasteiger partial charge is 0.146 e. The summed E-state index contributed by atoms with van der Waals surface area (Å²) in [6, 6.07) is 23.4. The first-order valence-electron chi connectivity index (χ1n) is 8.83. The molecule has 4 aromatic rings.